The van der Waals surface area contributed by atoms with Crippen molar-refractivity contribution in [2.75, 3.05) is 6.61 Å². The van der Waals surface area contributed by atoms with E-state index in [0.29, 0.717) is 30.7 Å². The van der Waals surface area contributed by atoms with Gasteiger partial charge in [0, 0.05) is 17.9 Å². The fourth-order valence-corrected chi connectivity index (χ4v) is 3.05. The molecule has 2 fully saturated rings. The second-order valence-corrected chi connectivity index (χ2v) is 7.64. The molecule has 1 aliphatic heterocycles. The molecule has 0 unspecified atom stereocenters. The van der Waals surface area contributed by atoms with E-state index in [-0.39, 0.29) is 0 Å². The van der Waals surface area contributed by atoms with Gasteiger partial charge in [0.1, 0.15) is 5.41 Å². The zero-order chi connectivity index (χ0) is 19.2. The van der Waals surface area contributed by atoms with Gasteiger partial charge in [-0.05, 0) is 32.3 Å². The number of hydrogen-bond acceptors (Lipinski definition) is 5. The molecule has 1 saturated carbocycles. The third kappa shape index (κ3) is 3.34. The smallest absolute Gasteiger partial charge is 0.258 e. The van der Waals surface area contributed by atoms with Crippen molar-refractivity contribution in [1.82, 2.24) is 15.2 Å². The minimum atomic E-state index is -2.77. The minimum absolute atomic E-state index is 0.313. The highest BCUT2D eigenvalue weighted by atomic mass is 19.3. The molecular weight excluding hydrogens is 356 g/mol. The van der Waals surface area contributed by atoms with Gasteiger partial charge in [-0.2, -0.15) is 4.98 Å². The van der Waals surface area contributed by atoms with Crippen LogP contribution in [0.5, 0.6) is 0 Å². The number of carbonyl (C=O) groups excluding carboxylic acids is 1. The molecule has 0 spiro atoms. The molecule has 4 rings (SSSR count). The Morgan fingerprint density at radius 2 is 1.93 bits per heavy atom. The van der Waals surface area contributed by atoms with Gasteiger partial charge in [-0.1, -0.05) is 29.4 Å². The lowest BCUT2D eigenvalue weighted by Crippen LogP contribution is -2.43. The SMILES string of the molecule is CC(C)(C(=O)N1OCC[C@H]1c1ccc(-c2noc(C3CC3)n2)cc1)C(F)F. The van der Waals surface area contributed by atoms with Crippen LogP contribution in [0, 0.1) is 5.41 Å². The van der Waals surface area contributed by atoms with Gasteiger partial charge in [0.2, 0.25) is 11.7 Å². The van der Waals surface area contributed by atoms with Crippen molar-refractivity contribution < 1.29 is 22.9 Å². The van der Waals surface area contributed by atoms with E-state index in [0.717, 1.165) is 29.0 Å². The van der Waals surface area contributed by atoms with E-state index in [1.807, 2.05) is 24.3 Å². The number of rotatable bonds is 5. The number of benzene rings is 1. The normalized spacial score (nSPS) is 20.5. The van der Waals surface area contributed by atoms with Gasteiger partial charge in [0.25, 0.3) is 12.3 Å². The Kier molecular flexibility index (Phi) is 4.46. The summed E-state index contributed by atoms with van der Waals surface area (Å²) in [6, 6.07) is 6.98. The van der Waals surface area contributed by atoms with E-state index >= 15 is 0 Å². The van der Waals surface area contributed by atoms with Gasteiger partial charge in [-0.15, -0.1) is 0 Å². The molecule has 1 atom stereocenters. The average Bonchev–Trinajstić information content (AvgIpc) is 3.20. The van der Waals surface area contributed by atoms with Crippen LogP contribution in [0.4, 0.5) is 8.78 Å². The molecule has 2 heterocycles. The number of nitrogens with zero attached hydrogens (tertiary/aromatic N) is 3. The summed E-state index contributed by atoms with van der Waals surface area (Å²) in [4.78, 5) is 22.3. The van der Waals surface area contributed by atoms with Crippen LogP contribution in [-0.2, 0) is 9.63 Å². The number of hydrogen-bond donors (Lipinski definition) is 0. The van der Waals surface area contributed by atoms with Crippen molar-refractivity contribution in [2.24, 2.45) is 5.41 Å². The largest absolute Gasteiger partial charge is 0.339 e. The molecule has 27 heavy (non-hydrogen) atoms. The number of hydroxylamine groups is 2. The van der Waals surface area contributed by atoms with Crippen LogP contribution in [0.3, 0.4) is 0 Å². The summed E-state index contributed by atoms with van der Waals surface area (Å²) in [7, 11) is 0. The lowest BCUT2D eigenvalue weighted by Gasteiger charge is -2.31. The fraction of sp³-hybridized carbons (Fsp3) is 0.526. The molecule has 0 bridgehead atoms. The molecule has 8 heteroatoms. The summed E-state index contributed by atoms with van der Waals surface area (Å²) >= 11 is 0. The van der Waals surface area contributed by atoms with Crippen LogP contribution >= 0.6 is 0 Å². The maximum atomic E-state index is 13.2. The fourth-order valence-electron chi connectivity index (χ4n) is 3.05. The summed E-state index contributed by atoms with van der Waals surface area (Å²) in [6.45, 7) is 2.78. The molecule has 6 nitrogen and oxygen atoms in total. The standard InChI is InChI=1S/C19H21F2N3O3/c1-19(2,17(20)21)18(25)24-14(9-10-26-24)11-3-5-12(6-4-11)15-22-16(27-23-15)13-7-8-13/h3-6,13-14,17H,7-10H2,1-2H3/t14-/m0/s1. The Morgan fingerprint density at radius 1 is 1.22 bits per heavy atom. The topological polar surface area (TPSA) is 68.5 Å². The number of aromatic nitrogens is 2. The van der Waals surface area contributed by atoms with Gasteiger partial charge in [0.05, 0.1) is 12.6 Å². The predicted molar refractivity (Wildman–Crippen MR) is 91.7 cm³/mol. The van der Waals surface area contributed by atoms with Gasteiger partial charge in [-0.3, -0.25) is 9.63 Å². The van der Waals surface area contributed by atoms with E-state index in [1.165, 1.54) is 13.8 Å². The second kappa shape index (κ2) is 6.67. The average molecular weight is 377 g/mol. The number of halogens is 2. The number of alkyl halides is 2. The first-order valence-electron chi connectivity index (χ1n) is 9.06. The van der Waals surface area contributed by atoms with Crippen LogP contribution in [0.15, 0.2) is 28.8 Å². The maximum absolute atomic E-state index is 13.2. The van der Waals surface area contributed by atoms with Crippen molar-refractivity contribution in [1.29, 1.82) is 0 Å². The second-order valence-electron chi connectivity index (χ2n) is 7.64. The summed E-state index contributed by atoms with van der Waals surface area (Å²) in [5.74, 6) is 0.873. The Bertz CT molecular complexity index is 831. The summed E-state index contributed by atoms with van der Waals surface area (Å²) in [5.41, 5.74) is -0.175. The molecular formula is C19H21F2N3O3. The maximum Gasteiger partial charge on any atom is 0.258 e. The van der Waals surface area contributed by atoms with Crippen LogP contribution in [0.2, 0.25) is 0 Å². The quantitative estimate of drug-likeness (QED) is 0.784. The molecule has 0 radical (unpaired) electrons. The Balaban J connectivity index is 1.52. The highest BCUT2D eigenvalue weighted by Gasteiger charge is 2.45. The third-order valence-electron chi connectivity index (χ3n) is 5.12. The summed E-state index contributed by atoms with van der Waals surface area (Å²) in [6.07, 6.45) is -0.0447. The zero-order valence-electron chi connectivity index (χ0n) is 15.2. The lowest BCUT2D eigenvalue weighted by atomic mass is 9.91. The molecule has 1 amide bonds. The van der Waals surface area contributed by atoms with Crippen LogP contribution in [-0.4, -0.2) is 34.1 Å². The molecule has 2 aromatic rings. The Morgan fingerprint density at radius 3 is 2.56 bits per heavy atom. The predicted octanol–water partition coefficient (Wildman–Crippen LogP) is 4.11. The molecule has 1 aromatic carbocycles. The molecule has 1 aliphatic carbocycles. The molecule has 0 N–H and O–H groups in total. The van der Waals surface area contributed by atoms with Gasteiger partial charge >= 0.3 is 0 Å². The van der Waals surface area contributed by atoms with Crippen LogP contribution < -0.4 is 0 Å². The highest BCUT2D eigenvalue weighted by Crippen LogP contribution is 2.40. The van der Waals surface area contributed by atoms with E-state index in [4.69, 9.17) is 9.36 Å². The third-order valence-corrected chi connectivity index (χ3v) is 5.12. The van der Waals surface area contributed by atoms with Gasteiger partial charge in [-0.25, -0.2) is 13.8 Å². The first kappa shape index (κ1) is 18.0. The lowest BCUT2D eigenvalue weighted by molar-refractivity contribution is -0.194. The minimum Gasteiger partial charge on any atom is -0.339 e. The van der Waals surface area contributed by atoms with Crippen molar-refractivity contribution in [2.45, 2.75) is 51.5 Å². The first-order chi connectivity index (χ1) is 12.9. The van der Waals surface area contributed by atoms with Crippen LogP contribution in [0.1, 0.15) is 56.5 Å². The van der Waals surface area contributed by atoms with Crippen molar-refractivity contribution >= 4 is 5.91 Å². The highest BCUT2D eigenvalue weighted by molar-refractivity contribution is 5.82. The van der Waals surface area contributed by atoms with Gasteiger partial charge in [0.15, 0.2) is 0 Å². The number of amides is 1. The molecule has 1 saturated heterocycles. The van der Waals surface area contributed by atoms with Gasteiger partial charge < -0.3 is 4.52 Å². The molecule has 144 valence electrons. The number of carbonyl (C=O) groups is 1. The van der Waals surface area contributed by atoms with E-state index in [2.05, 4.69) is 10.1 Å². The van der Waals surface area contributed by atoms with Crippen LogP contribution in [0.25, 0.3) is 11.4 Å². The zero-order valence-corrected chi connectivity index (χ0v) is 15.2. The van der Waals surface area contributed by atoms with E-state index < -0.39 is 23.8 Å². The van der Waals surface area contributed by atoms with Crippen molar-refractivity contribution in [3.8, 4) is 11.4 Å². The first-order valence-corrected chi connectivity index (χ1v) is 9.06. The molecule has 1 aromatic heterocycles. The van der Waals surface area contributed by atoms with E-state index in [1.54, 1.807) is 0 Å². The van der Waals surface area contributed by atoms with E-state index in [9.17, 15) is 13.6 Å². The molecule has 2 aliphatic rings. The Labute approximate surface area is 155 Å². The summed E-state index contributed by atoms with van der Waals surface area (Å²) < 4.78 is 31.7. The monoisotopic (exact) mass is 377 g/mol. The summed E-state index contributed by atoms with van der Waals surface area (Å²) in [5, 5.41) is 5.11. The Hall–Kier alpha value is -2.35. The van der Waals surface area contributed by atoms with Crippen molar-refractivity contribution in [3.63, 3.8) is 0 Å². The van der Waals surface area contributed by atoms with Crippen molar-refractivity contribution in [3.05, 3.63) is 35.7 Å².